The number of benzene rings is 1. The van der Waals surface area contributed by atoms with Crippen LogP contribution in [0.5, 0.6) is 5.75 Å². The van der Waals surface area contributed by atoms with Crippen molar-refractivity contribution in [2.24, 2.45) is 0 Å². The van der Waals surface area contributed by atoms with Gasteiger partial charge in [0.05, 0.1) is 18.0 Å². The third-order valence-corrected chi connectivity index (χ3v) is 3.23. The molecule has 1 atom stereocenters. The maximum absolute atomic E-state index is 5.60. The standard InChI is InChI=1S/C17H22N2O/c1-4-12-20-16-9-7-15(8-10-16)13(2)19-17-6-5-11-18-14(17)3/h5-11,13,19H,4,12H2,1-3H3. The SMILES string of the molecule is CCCOc1ccc(C(C)Nc2cccnc2C)cc1. The fraction of sp³-hybridized carbons (Fsp3) is 0.353. The molecule has 2 aromatic rings. The van der Waals surface area contributed by atoms with Crippen LogP contribution in [0.2, 0.25) is 0 Å². The van der Waals surface area contributed by atoms with E-state index in [-0.39, 0.29) is 6.04 Å². The smallest absolute Gasteiger partial charge is 0.119 e. The van der Waals surface area contributed by atoms with Crippen LogP contribution in [0.15, 0.2) is 42.6 Å². The molecule has 1 heterocycles. The Labute approximate surface area is 121 Å². The minimum atomic E-state index is 0.234. The van der Waals surface area contributed by atoms with Crippen LogP contribution < -0.4 is 10.1 Å². The normalized spacial score (nSPS) is 11.9. The zero-order valence-electron chi connectivity index (χ0n) is 12.4. The van der Waals surface area contributed by atoms with E-state index in [1.807, 2.05) is 31.3 Å². The molecular weight excluding hydrogens is 248 g/mol. The van der Waals surface area contributed by atoms with Gasteiger partial charge in [-0.25, -0.2) is 0 Å². The molecule has 0 saturated carbocycles. The number of rotatable bonds is 6. The van der Waals surface area contributed by atoms with E-state index in [4.69, 9.17) is 4.74 Å². The molecule has 1 unspecified atom stereocenters. The number of hydrogen-bond acceptors (Lipinski definition) is 3. The molecular formula is C17H22N2O. The van der Waals surface area contributed by atoms with Crippen LogP contribution in [0, 0.1) is 6.92 Å². The molecule has 0 aliphatic heterocycles. The van der Waals surface area contributed by atoms with Crippen LogP contribution in [0.25, 0.3) is 0 Å². The first kappa shape index (κ1) is 14.4. The van der Waals surface area contributed by atoms with Crippen molar-refractivity contribution in [3.8, 4) is 5.75 Å². The van der Waals surface area contributed by atoms with Gasteiger partial charge in [-0.05, 0) is 50.1 Å². The highest BCUT2D eigenvalue weighted by Gasteiger charge is 2.07. The molecule has 1 aromatic heterocycles. The molecule has 1 N–H and O–H groups in total. The van der Waals surface area contributed by atoms with Crippen molar-refractivity contribution in [3.63, 3.8) is 0 Å². The lowest BCUT2D eigenvalue weighted by Gasteiger charge is -2.17. The second-order valence-corrected chi connectivity index (χ2v) is 4.92. The minimum absolute atomic E-state index is 0.234. The number of nitrogens with one attached hydrogen (secondary N) is 1. The summed E-state index contributed by atoms with van der Waals surface area (Å²) in [5, 5.41) is 3.49. The number of hydrogen-bond donors (Lipinski definition) is 1. The predicted octanol–water partition coefficient (Wildman–Crippen LogP) is 4.35. The van der Waals surface area contributed by atoms with Gasteiger partial charge in [0.15, 0.2) is 0 Å². The van der Waals surface area contributed by atoms with Gasteiger partial charge in [-0.1, -0.05) is 19.1 Å². The van der Waals surface area contributed by atoms with E-state index in [0.717, 1.165) is 30.2 Å². The molecule has 0 fully saturated rings. The summed E-state index contributed by atoms with van der Waals surface area (Å²) in [6, 6.07) is 12.5. The average molecular weight is 270 g/mol. The van der Waals surface area contributed by atoms with E-state index in [1.54, 1.807) is 0 Å². The van der Waals surface area contributed by atoms with Crippen LogP contribution in [0.3, 0.4) is 0 Å². The summed E-state index contributed by atoms with van der Waals surface area (Å²) < 4.78 is 5.60. The molecule has 0 bridgehead atoms. The van der Waals surface area contributed by atoms with E-state index in [1.165, 1.54) is 5.56 Å². The molecule has 0 amide bonds. The van der Waals surface area contributed by atoms with E-state index in [2.05, 4.69) is 42.3 Å². The number of ether oxygens (including phenoxy) is 1. The van der Waals surface area contributed by atoms with Gasteiger partial charge in [0, 0.05) is 12.2 Å². The summed E-state index contributed by atoms with van der Waals surface area (Å²) in [5.41, 5.74) is 3.32. The molecule has 1 aromatic carbocycles. The van der Waals surface area contributed by atoms with Gasteiger partial charge in [-0.15, -0.1) is 0 Å². The number of aromatic nitrogens is 1. The summed E-state index contributed by atoms with van der Waals surface area (Å²) in [5.74, 6) is 0.931. The van der Waals surface area contributed by atoms with E-state index < -0.39 is 0 Å². The van der Waals surface area contributed by atoms with Gasteiger partial charge in [-0.3, -0.25) is 4.98 Å². The first-order chi connectivity index (χ1) is 9.70. The summed E-state index contributed by atoms with van der Waals surface area (Å²) in [4.78, 5) is 4.29. The van der Waals surface area contributed by atoms with E-state index >= 15 is 0 Å². The van der Waals surface area contributed by atoms with Crippen molar-refractivity contribution in [1.29, 1.82) is 0 Å². The average Bonchev–Trinajstić information content (AvgIpc) is 2.48. The summed E-state index contributed by atoms with van der Waals surface area (Å²) >= 11 is 0. The topological polar surface area (TPSA) is 34.1 Å². The Morgan fingerprint density at radius 3 is 2.60 bits per heavy atom. The highest BCUT2D eigenvalue weighted by atomic mass is 16.5. The minimum Gasteiger partial charge on any atom is -0.494 e. The molecule has 0 aliphatic carbocycles. The van der Waals surface area contributed by atoms with E-state index in [0.29, 0.717) is 0 Å². The monoisotopic (exact) mass is 270 g/mol. The van der Waals surface area contributed by atoms with Crippen molar-refractivity contribution >= 4 is 5.69 Å². The highest BCUT2D eigenvalue weighted by Crippen LogP contribution is 2.22. The lowest BCUT2D eigenvalue weighted by Crippen LogP contribution is -2.08. The highest BCUT2D eigenvalue weighted by molar-refractivity contribution is 5.48. The van der Waals surface area contributed by atoms with Gasteiger partial charge >= 0.3 is 0 Å². The van der Waals surface area contributed by atoms with E-state index in [9.17, 15) is 0 Å². The molecule has 2 rings (SSSR count). The molecule has 3 heteroatoms. The fourth-order valence-corrected chi connectivity index (χ4v) is 2.03. The van der Waals surface area contributed by atoms with Gasteiger partial charge in [0.1, 0.15) is 5.75 Å². The van der Waals surface area contributed by atoms with Crippen molar-refractivity contribution in [3.05, 3.63) is 53.9 Å². The van der Waals surface area contributed by atoms with Crippen LogP contribution in [-0.4, -0.2) is 11.6 Å². The quantitative estimate of drug-likeness (QED) is 0.847. The first-order valence-electron chi connectivity index (χ1n) is 7.11. The third kappa shape index (κ3) is 3.73. The Hall–Kier alpha value is -2.03. The Kier molecular flexibility index (Phi) is 4.99. The molecule has 0 spiro atoms. The maximum atomic E-state index is 5.60. The lowest BCUT2D eigenvalue weighted by molar-refractivity contribution is 0.317. The Balaban J connectivity index is 2.02. The Morgan fingerprint density at radius 1 is 1.20 bits per heavy atom. The van der Waals surface area contributed by atoms with Gasteiger partial charge in [-0.2, -0.15) is 0 Å². The number of anilines is 1. The Morgan fingerprint density at radius 2 is 1.95 bits per heavy atom. The van der Waals surface area contributed by atoms with Crippen LogP contribution >= 0.6 is 0 Å². The lowest BCUT2D eigenvalue weighted by atomic mass is 10.1. The van der Waals surface area contributed by atoms with Crippen LogP contribution in [0.1, 0.15) is 37.6 Å². The van der Waals surface area contributed by atoms with Crippen LogP contribution in [0.4, 0.5) is 5.69 Å². The molecule has 0 radical (unpaired) electrons. The zero-order chi connectivity index (χ0) is 14.4. The maximum Gasteiger partial charge on any atom is 0.119 e. The fourth-order valence-electron chi connectivity index (χ4n) is 2.03. The van der Waals surface area contributed by atoms with Gasteiger partial charge in [0.2, 0.25) is 0 Å². The second-order valence-electron chi connectivity index (χ2n) is 4.92. The van der Waals surface area contributed by atoms with Crippen molar-refractivity contribution in [1.82, 2.24) is 4.98 Å². The van der Waals surface area contributed by atoms with Crippen LogP contribution in [-0.2, 0) is 0 Å². The first-order valence-corrected chi connectivity index (χ1v) is 7.11. The number of nitrogens with zero attached hydrogens (tertiary/aromatic N) is 1. The summed E-state index contributed by atoms with van der Waals surface area (Å²) in [6.45, 7) is 7.03. The molecule has 0 aliphatic rings. The molecule has 20 heavy (non-hydrogen) atoms. The number of aryl methyl sites for hydroxylation is 1. The molecule has 3 nitrogen and oxygen atoms in total. The summed E-state index contributed by atoms with van der Waals surface area (Å²) in [6.07, 6.45) is 2.84. The van der Waals surface area contributed by atoms with Crippen molar-refractivity contribution in [2.75, 3.05) is 11.9 Å². The predicted molar refractivity (Wildman–Crippen MR) is 83.2 cm³/mol. The largest absolute Gasteiger partial charge is 0.494 e. The van der Waals surface area contributed by atoms with Gasteiger partial charge in [0.25, 0.3) is 0 Å². The molecule has 0 saturated heterocycles. The summed E-state index contributed by atoms with van der Waals surface area (Å²) in [7, 11) is 0. The number of pyridine rings is 1. The van der Waals surface area contributed by atoms with Crippen molar-refractivity contribution < 1.29 is 4.74 Å². The molecule has 106 valence electrons. The second kappa shape index (κ2) is 6.94. The van der Waals surface area contributed by atoms with Crippen molar-refractivity contribution in [2.45, 2.75) is 33.2 Å². The zero-order valence-corrected chi connectivity index (χ0v) is 12.4. The Bertz CT molecular complexity index is 537. The van der Waals surface area contributed by atoms with Gasteiger partial charge < -0.3 is 10.1 Å². The third-order valence-electron chi connectivity index (χ3n) is 3.23.